The lowest BCUT2D eigenvalue weighted by Crippen LogP contribution is -2.14. The number of ether oxygens (including phenoxy) is 1. The van der Waals surface area contributed by atoms with Crippen molar-refractivity contribution in [3.05, 3.63) is 35.9 Å². The molecule has 1 aromatic rings. The Labute approximate surface area is 66.2 Å². The van der Waals surface area contributed by atoms with Gasteiger partial charge < -0.3 is 4.74 Å². The van der Waals surface area contributed by atoms with E-state index in [0.29, 0.717) is 12.8 Å². The first kappa shape index (κ1) is 6.83. The van der Waals surface area contributed by atoms with E-state index in [4.69, 9.17) is 4.74 Å². The molecule has 0 spiro atoms. The Morgan fingerprint density at radius 1 is 1.27 bits per heavy atom. The van der Waals surface area contributed by atoms with Gasteiger partial charge in [0.05, 0.1) is 19.4 Å². The SMILES string of the molecule is c1ccc(C2COCN2)cc1. The van der Waals surface area contributed by atoms with Crippen LogP contribution in [-0.2, 0) is 4.74 Å². The van der Waals surface area contributed by atoms with Gasteiger partial charge in [-0.3, -0.25) is 5.32 Å². The van der Waals surface area contributed by atoms with Crippen LogP contribution in [0.15, 0.2) is 30.3 Å². The summed E-state index contributed by atoms with van der Waals surface area (Å²) in [5.41, 5.74) is 1.31. The number of hydrogen-bond donors (Lipinski definition) is 1. The van der Waals surface area contributed by atoms with Gasteiger partial charge in [-0.2, -0.15) is 0 Å². The Kier molecular flexibility index (Phi) is 1.88. The van der Waals surface area contributed by atoms with Gasteiger partial charge in [-0.15, -0.1) is 0 Å². The highest BCUT2D eigenvalue weighted by molar-refractivity contribution is 5.19. The van der Waals surface area contributed by atoms with Gasteiger partial charge in [0.1, 0.15) is 0 Å². The van der Waals surface area contributed by atoms with Gasteiger partial charge in [0.2, 0.25) is 0 Å². The minimum atomic E-state index is 0.399. The molecule has 1 heterocycles. The second-order valence-corrected chi connectivity index (χ2v) is 2.68. The van der Waals surface area contributed by atoms with Gasteiger partial charge in [-0.1, -0.05) is 30.3 Å². The van der Waals surface area contributed by atoms with Crippen LogP contribution in [0.5, 0.6) is 0 Å². The molecule has 1 atom stereocenters. The quantitative estimate of drug-likeness (QED) is 0.650. The Bertz CT molecular complexity index is 216. The van der Waals surface area contributed by atoms with Crippen LogP contribution in [0, 0.1) is 0 Å². The summed E-state index contributed by atoms with van der Waals surface area (Å²) in [5.74, 6) is 0. The standard InChI is InChI=1S/C9H11NO/c1-2-4-8(5-3-1)9-6-11-7-10-9/h1-5,9-10H,6-7H2. The highest BCUT2D eigenvalue weighted by Crippen LogP contribution is 2.15. The molecule has 1 aromatic carbocycles. The zero-order valence-corrected chi connectivity index (χ0v) is 6.29. The summed E-state index contributed by atoms with van der Waals surface area (Å²) in [6.07, 6.45) is 0. The van der Waals surface area contributed by atoms with E-state index < -0.39 is 0 Å². The van der Waals surface area contributed by atoms with Crippen LogP contribution in [0.3, 0.4) is 0 Å². The maximum absolute atomic E-state index is 5.20. The molecule has 0 bridgehead atoms. The largest absolute Gasteiger partial charge is 0.364 e. The highest BCUT2D eigenvalue weighted by atomic mass is 16.5. The smallest absolute Gasteiger partial charge is 0.0971 e. The van der Waals surface area contributed by atoms with Crippen LogP contribution >= 0.6 is 0 Å². The summed E-state index contributed by atoms with van der Waals surface area (Å²) in [6, 6.07) is 10.8. The topological polar surface area (TPSA) is 21.3 Å². The summed E-state index contributed by atoms with van der Waals surface area (Å²) in [6.45, 7) is 1.48. The second kappa shape index (κ2) is 3.03. The zero-order valence-electron chi connectivity index (χ0n) is 6.29. The van der Waals surface area contributed by atoms with Crippen molar-refractivity contribution in [2.24, 2.45) is 0 Å². The van der Waals surface area contributed by atoms with Crippen LogP contribution < -0.4 is 5.32 Å². The predicted octanol–water partition coefficient (Wildman–Crippen LogP) is 1.30. The Balaban J connectivity index is 2.16. The van der Waals surface area contributed by atoms with Gasteiger partial charge >= 0.3 is 0 Å². The van der Waals surface area contributed by atoms with Crippen molar-refractivity contribution in [3.8, 4) is 0 Å². The minimum Gasteiger partial charge on any atom is -0.364 e. The molecule has 0 saturated carbocycles. The molecule has 1 aliphatic heterocycles. The molecule has 1 N–H and O–H groups in total. The predicted molar refractivity (Wildman–Crippen MR) is 43.1 cm³/mol. The van der Waals surface area contributed by atoms with Crippen molar-refractivity contribution in [2.75, 3.05) is 13.3 Å². The number of hydrogen-bond acceptors (Lipinski definition) is 2. The number of rotatable bonds is 1. The fourth-order valence-corrected chi connectivity index (χ4v) is 1.29. The number of nitrogens with one attached hydrogen (secondary N) is 1. The average Bonchev–Trinajstić information content (AvgIpc) is 2.58. The molecule has 2 rings (SSSR count). The summed E-state index contributed by atoms with van der Waals surface area (Å²) in [5, 5.41) is 3.25. The molecule has 0 aliphatic carbocycles. The molecule has 0 amide bonds. The van der Waals surface area contributed by atoms with E-state index in [0.717, 1.165) is 6.61 Å². The Hall–Kier alpha value is -0.860. The molecule has 2 heteroatoms. The highest BCUT2D eigenvalue weighted by Gasteiger charge is 2.15. The third-order valence-corrected chi connectivity index (χ3v) is 1.92. The lowest BCUT2D eigenvalue weighted by molar-refractivity contribution is 0.189. The lowest BCUT2D eigenvalue weighted by atomic mass is 10.1. The van der Waals surface area contributed by atoms with E-state index >= 15 is 0 Å². The normalized spacial score (nSPS) is 23.8. The van der Waals surface area contributed by atoms with E-state index in [1.54, 1.807) is 0 Å². The van der Waals surface area contributed by atoms with E-state index in [2.05, 4.69) is 29.6 Å². The minimum absolute atomic E-state index is 0.399. The lowest BCUT2D eigenvalue weighted by Gasteiger charge is -2.06. The molecule has 58 valence electrons. The van der Waals surface area contributed by atoms with Gasteiger partial charge in [-0.25, -0.2) is 0 Å². The van der Waals surface area contributed by atoms with E-state index in [-0.39, 0.29) is 0 Å². The van der Waals surface area contributed by atoms with Gasteiger partial charge in [0.15, 0.2) is 0 Å². The summed E-state index contributed by atoms with van der Waals surface area (Å²) < 4.78 is 5.20. The van der Waals surface area contributed by atoms with Crippen LogP contribution in [0.25, 0.3) is 0 Å². The maximum atomic E-state index is 5.20. The summed E-state index contributed by atoms with van der Waals surface area (Å²) >= 11 is 0. The van der Waals surface area contributed by atoms with Crippen molar-refractivity contribution in [1.82, 2.24) is 5.32 Å². The monoisotopic (exact) mass is 149 g/mol. The van der Waals surface area contributed by atoms with Gasteiger partial charge in [0.25, 0.3) is 0 Å². The molecule has 11 heavy (non-hydrogen) atoms. The van der Waals surface area contributed by atoms with Crippen molar-refractivity contribution in [1.29, 1.82) is 0 Å². The molecule has 1 saturated heterocycles. The molecule has 2 nitrogen and oxygen atoms in total. The van der Waals surface area contributed by atoms with Crippen molar-refractivity contribution >= 4 is 0 Å². The van der Waals surface area contributed by atoms with E-state index in [1.165, 1.54) is 5.56 Å². The molecule has 1 fully saturated rings. The molecular weight excluding hydrogens is 138 g/mol. The van der Waals surface area contributed by atoms with Crippen molar-refractivity contribution in [3.63, 3.8) is 0 Å². The first-order chi connectivity index (χ1) is 5.47. The molecule has 0 radical (unpaired) electrons. The van der Waals surface area contributed by atoms with Crippen LogP contribution in [-0.4, -0.2) is 13.3 Å². The first-order valence-corrected chi connectivity index (χ1v) is 3.83. The zero-order chi connectivity index (χ0) is 7.52. The molecule has 0 aromatic heterocycles. The van der Waals surface area contributed by atoms with Gasteiger partial charge in [0, 0.05) is 0 Å². The van der Waals surface area contributed by atoms with Crippen LogP contribution in [0.1, 0.15) is 11.6 Å². The summed E-state index contributed by atoms with van der Waals surface area (Å²) in [7, 11) is 0. The van der Waals surface area contributed by atoms with Crippen molar-refractivity contribution < 1.29 is 4.74 Å². The third-order valence-electron chi connectivity index (χ3n) is 1.92. The Morgan fingerprint density at radius 3 is 2.73 bits per heavy atom. The fourth-order valence-electron chi connectivity index (χ4n) is 1.29. The molecule has 1 unspecified atom stereocenters. The van der Waals surface area contributed by atoms with Gasteiger partial charge in [-0.05, 0) is 5.56 Å². The average molecular weight is 149 g/mol. The molecule has 1 aliphatic rings. The maximum Gasteiger partial charge on any atom is 0.0971 e. The first-order valence-electron chi connectivity index (χ1n) is 3.83. The second-order valence-electron chi connectivity index (χ2n) is 2.68. The van der Waals surface area contributed by atoms with E-state index in [9.17, 15) is 0 Å². The number of benzene rings is 1. The third kappa shape index (κ3) is 1.42. The van der Waals surface area contributed by atoms with Crippen LogP contribution in [0.2, 0.25) is 0 Å². The fraction of sp³-hybridized carbons (Fsp3) is 0.333. The van der Waals surface area contributed by atoms with Crippen LogP contribution in [0.4, 0.5) is 0 Å². The summed E-state index contributed by atoms with van der Waals surface area (Å²) in [4.78, 5) is 0. The Morgan fingerprint density at radius 2 is 2.09 bits per heavy atom. The molecular formula is C9H11NO. The van der Waals surface area contributed by atoms with E-state index in [1.807, 2.05) is 6.07 Å². The van der Waals surface area contributed by atoms with Crippen molar-refractivity contribution in [2.45, 2.75) is 6.04 Å².